The maximum atomic E-state index is 10.9. The molecule has 1 rings (SSSR count). The van der Waals surface area contributed by atoms with Crippen LogP contribution in [0, 0.1) is 0 Å². The number of aliphatic hydroxyl groups is 1. The molecule has 1 aliphatic rings. The number of aliphatic hydroxyl groups excluding tert-OH is 1. The van der Waals surface area contributed by atoms with E-state index in [-0.39, 0.29) is 19.2 Å². The van der Waals surface area contributed by atoms with Crippen molar-refractivity contribution in [1.82, 2.24) is 0 Å². The van der Waals surface area contributed by atoms with E-state index in [9.17, 15) is 4.79 Å². The zero-order chi connectivity index (χ0) is 8.27. The first-order valence-corrected chi connectivity index (χ1v) is 3.33. The Morgan fingerprint density at radius 3 is 3.00 bits per heavy atom. The number of hydrogen-bond acceptors (Lipinski definition) is 4. The molecule has 0 amide bonds. The van der Waals surface area contributed by atoms with Gasteiger partial charge >= 0.3 is 5.97 Å². The van der Waals surface area contributed by atoms with Crippen LogP contribution in [0.5, 0.6) is 0 Å². The molecule has 0 aliphatic carbocycles. The highest BCUT2D eigenvalue weighted by Gasteiger charge is 2.24. The molecule has 0 atom stereocenters. The van der Waals surface area contributed by atoms with Gasteiger partial charge in [0.15, 0.2) is 0 Å². The third-order valence-electron chi connectivity index (χ3n) is 1.53. The summed E-state index contributed by atoms with van der Waals surface area (Å²) in [4.78, 5) is 10.9. The van der Waals surface area contributed by atoms with Crippen molar-refractivity contribution in [3.05, 3.63) is 11.3 Å². The lowest BCUT2D eigenvalue weighted by Gasteiger charge is -1.98. The van der Waals surface area contributed by atoms with E-state index in [2.05, 4.69) is 4.74 Å². The molecule has 1 N–H and O–H groups in total. The normalized spacial score (nSPS) is 17.1. The Labute approximate surface area is 64.4 Å². The van der Waals surface area contributed by atoms with Gasteiger partial charge in [-0.15, -0.1) is 0 Å². The van der Waals surface area contributed by atoms with Crippen LogP contribution in [0.3, 0.4) is 0 Å². The van der Waals surface area contributed by atoms with Gasteiger partial charge in [-0.1, -0.05) is 0 Å². The van der Waals surface area contributed by atoms with E-state index in [0.717, 1.165) is 0 Å². The van der Waals surface area contributed by atoms with Crippen molar-refractivity contribution in [3.8, 4) is 0 Å². The summed E-state index contributed by atoms with van der Waals surface area (Å²) in [6.07, 6.45) is 0.308. The zero-order valence-electron chi connectivity index (χ0n) is 6.29. The minimum Gasteiger partial charge on any atom is -0.497 e. The fourth-order valence-corrected chi connectivity index (χ4v) is 0.955. The van der Waals surface area contributed by atoms with Crippen molar-refractivity contribution < 1.29 is 19.4 Å². The molecule has 4 nitrogen and oxygen atoms in total. The molecule has 0 aromatic rings. The van der Waals surface area contributed by atoms with Gasteiger partial charge < -0.3 is 14.6 Å². The van der Waals surface area contributed by atoms with E-state index < -0.39 is 0 Å². The molecule has 0 aromatic carbocycles. The van der Waals surface area contributed by atoms with E-state index in [1.807, 2.05) is 0 Å². The highest BCUT2D eigenvalue weighted by Crippen LogP contribution is 2.18. The van der Waals surface area contributed by atoms with Crippen LogP contribution in [-0.4, -0.2) is 31.4 Å². The summed E-state index contributed by atoms with van der Waals surface area (Å²) in [5.74, 6) is 0.153. The first kappa shape index (κ1) is 8.07. The standard InChI is InChI=1S/C7H10O4/c1-10-6-4-11-7(9)5(6)2-3-8/h8H,2-4H2,1H3. The third-order valence-corrected chi connectivity index (χ3v) is 1.53. The minimum absolute atomic E-state index is 0.0582. The van der Waals surface area contributed by atoms with E-state index in [1.54, 1.807) is 0 Å². The van der Waals surface area contributed by atoms with Gasteiger partial charge in [-0.3, -0.25) is 0 Å². The zero-order valence-corrected chi connectivity index (χ0v) is 6.29. The van der Waals surface area contributed by atoms with Crippen molar-refractivity contribution >= 4 is 5.97 Å². The lowest BCUT2D eigenvalue weighted by atomic mass is 10.2. The fraction of sp³-hybridized carbons (Fsp3) is 0.571. The summed E-state index contributed by atoms with van der Waals surface area (Å²) in [5.41, 5.74) is 0.454. The highest BCUT2D eigenvalue weighted by molar-refractivity contribution is 5.91. The Hall–Kier alpha value is -1.03. The number of carbonyl (C=O) groups excluding carboxylic acids is 1. The van der Waals surface area contributed by atoms with Crippen molar-refractivity contribution in [2.75, 3.05) is 20.3 Å². The van der Waals surface area contributed by atoms with E-state index in [0.29, 0.717) is 17.8 Å². The Kier molecular flexibility index (Phi) is 2.48. The largest absolute Gasteiger partial charge is 0.497 e. The molecule has 0 bridgehead atoms. The van der Waals surface area contributed by atoms with Crippen molar-refractivity contribution in [1.29, 1.82) is 0 Å². The fourth-order valence-electron chi connectivity index (χ4n) is 0.955. The number of esters is 1. The van der Waals surface area contributed by atoms with Crippen molar-refractivity contribution in [2.45, 2.75) is 6.42 Å². The predicted molar refractivity (Wildman–Crippen MR) is 36.7 cm³/mol. The number of carbonyl (C=O) groups is 1. The average Bonchev–Trinajstić information content (AvgIpc) is 2.34. The number of methoxy groups -OCH3 is 1. The van der Waals surface area contributed by atoms with Crippen LogP contribution >= 0.6 is 0 Å². The molecular formula is C7H10O4. The summed E-state index contributed by atoms with van der Waals surface area (Å²) in [6, 6.07) is 0. The van der Waals surface area contributed by atoms with Crippen molar-refractivity contribution in [3.63, 3.8) is 0 Å². The molecule has 0 radical (unpaired) electrons. The number of rotatable bonds is 3. The van der Waals surface area contributed by atoms with Crippen LogP contribution in [0.4, 0.5) is 0 Å². The van der Waals surface area contributed by atoms with Gasteiger partial charge in [0.05, 0.1) is 12.7 Å². The average molecular weight is 158 g/mol. The first-order chi connectivity index (χ1) is 5.29. The van der Waals surface area contributed by atoms with Gasteiger partial charge in [0, 0.05) is 13.0 Å². The predicted octanol–water partition coefficient (Wildman–Crippen LogP) is -0.174. The molecule has 0 fully saturated rings. The molecule has 0 spiro atoms. The molecule has 1 aliphatic heterocycles. The van der Waals surface area contributed by atoms with Gasteiger partial charge in [0.1, 0.15) is 12.4 Å². The maximum absolute atomic E-state index is 10.9. The molecule has 0 aromatic heterocycles. The summed E-state index contributed by atoms with van der Waals surface area (Å²) >= 11 is 0. The number of cyclic esters (lactones) is 1. The highest BCUT2D eigenvalue weighted by atomic mass is 16.6. The minimum atomic E-state index is -0.379. The lowest BCUT2D eigenvalue weighted by Crippen LogP contribution is -2.01. The molecule has 4 heteroatoms. The summed E-state index contributed by atoms with van der Waals surface area (Å²) < 4.78 is 9.54. The van der Waals surface area contributed by atoms with Gasteiger partial charge in [-0.25, -0.2) is 4.79 Å². The molecule has 0 saturated carbocycles. The Bertz CT molecular complexity index is 195. The molecule has 11 heavy (non-hydrogen) atoms. The topological polar surface area (TPSA) is 55.8 Å². The molecule has 0 unspecified atom stereocenters. The van der Waals surface area contributed by atoms with E-state index in [4.69, 9.17) is 9.84 Å². The monoisotopic (exact) mass is 158 g/mol. The second-order valence-corrected chi connectivity index (χ2v) is 2.16. The SMILES string of the molecule is COC1=C(CCO)C(=O)OC1. The Balaban J connectivity index is 2.72. The van der Waals surface area contributed by atoms with Gasteiger partial charge in [0.25, 0.3) is 0 Å². The Morgan fingerprint density at radius 2 is 2.45 bits per heavy atom. The molecular weight excluding hydrogens is 148 g/mol. The van der Waals surface area contributed by atoms with Gasteiger partial charge in [-0.2, -0.15) is 0 Å². The summed E-state index contributed by atoms with van der Waals surface area (Å²) in [5, 5.41) is 8.56. The van der Waals surface area contributed by atoms with Gasteiger partial charge in [-0.05, 0) is 0 Å². The van der Waals surface area contributed by atoms with E-state index >= 15 is 0 Å². The third kappa shape index (κ3) is 1.51. The molecule has 1 heterocycles. The van der Waals surface area contributed by atoms with Crippen LogP contribution in [0.25, 0.3) is 0 Å². The molecule has 0 saturated heterocycles. The van der Waals surface area contributed by atoms with Crippen LogP contribution in [0.2, 0.25) is 0 Å². The van der Waals surface area contributed by atoms with E-state index in [1.165, 1.54) is 7.11 Å². The molecule has 62 valence electrons. The number of hydrogen-bond donors (Lipinski definition) is 1. The second-order valence-electron chi connectivity index (χ2n) is 2.16. The maximum Gasteiger partial charge on any atom is 0.338 e. The van der Waals surface area contributed by atoms with Crippen LogP contribution in [-0.2, 0) is 14.3 Å². The quantitative estimate of drug-likeness (QED) is 0.579. The van der Waals surface area contributed by atoms with Gasteiger partial charge in [0.2, 0.25) is 0 Å². The smallest absolute Gasteiger partial charge is 0.338 e. The van der Waals surface area contributed by atoms with Crippen molar-refractivity contribution in [2.24, 2.45) is 0 Å². The summed E-state index contributed by atoms with van der Waals surface area (Å²) in [7, 11) is 1.48. The van der Waals surface area contributed by atoms with Crippen LogP contribution < -0.4 is 0 Å². The Morgan fingerprint density at radius 1 is 1.73 bits per heavy atom. The summed E-state index contributed by atoms with van der Waals surface area (Å²) in [6.45, 7) is 0.141. The van der Waals surface area contributed by atoms with Crippen LogP contribution in [0.1, 0.15) is 6.42 Å². The lowest BCUT2D eigenvalue weighted by molar-refractivity contribution is -0.136. The number of ether oxygens (including phenoxy) is 2. The van der Waals surface area contributed by atoms with Crippen LogP contribution in [0.15, 0.2) is 11.3 Å². The first-order valence-electron chi connectivity index (χ1n) is 3.33. The second kappa shape index (κ2) is 3.39.